The lowest BCUT2D eigenvalue weighted by molar-refractivity contribution is 0.0656. The van der Waals surface area contributed by atoms with E-state index in [9.17, 15) is 19.2 Å². The van der Waals surface area contributed by atoms with Gasteiger partial charge < -0.3 is 4.42 Å². The Hall–Kier alpha value is -4.00. The van der Waals surface area contributed by atoms with Gasteiger partial charge in [-0.25, -0.2) is 0 Å². The van der Waals surface area contributed by atoms with Gasteiger partial charge in [0, 0.05) is 24.7 Å². The van der Waals surface area contributed by atoms with Crippen LogP contribution in [0.25, 0.3) is 22.6 Å². The molecule has 4 amide bonds. The highest BCUT2D eigenvalue weighted by Crippen LogP contribution is 2.39. The van der Waals surface area contributed by atoms with E-state index in [1.165, 1.54) is 11.9 Å². The molecule has 2 aromatic carbocycles. The summed E-state index contributed by atoms with van der Waals surface area (Å²) in [4.78, 5) is 53.3. The fraction of sp³-hybridized carbons (Fsp3) is 0.200. The molecule has 0 saturated heterocycles. The second-order valence-electron chi connectivity index (χ2n) is 8.05. The summed E-state index contributed by atoms with van der Waals surface area (Å²) in [6.07, 6.45) is 0. The molecule has 0 unspecified atom stereocenters. The van der Waals surface area contributed by atoms with Gasteiger partial charge in [0.05, 0.1) is 22.3 Å². The molecule has 5 rings (SSSR count). The Morgan fingerprint density at radius 3 is 1.62 bits per heavy atom. The fourth-order valence-corrected chi connectivity index (χ4v) is 4.52. The molecule has 3 aromatic rings. The van der Waals surface area contributed by atoms with Crippen molar-refractivity contribution >= 4 is 23.6 Å². The highest BCUT2D eigenvalue weighted by Gasteiger charge is 2.39. The van der Waals surface area contributed by atoms with Crippen LogP contribution in [0, 0.1) is 13.8 Å². The van der Waals surface area contributed by atoms with Crippen LogP contribution < -0.4 is 0 Å². The molecule has 2 aliphatic heterocycles. The first-order chi connectivity index (χ1) is 15.3. The average molecular weight is 428 g/mol. The number of hydrogen-bond donors (Lipinski definition) is 0. The summed E-state index contributed by atoms with van der Waals surface area (Å²) >= 11 is 0. The number of furan rings is 1. The van der Waals surface area contributed by atoms with E-state index in [1.54, 1.807) is 57.2 Å². The molecule has 0 bridgehead atoms. The molecule has 1 aromatic heterocycles. The normalized spacial score (nSPS) is 15.1. The van der Waals surface area contributed by atoms with Crippen molar-refractivity contribution in [1.82, 2.24) is 9.80 Å². The average Bonchev–Trinajstić information content (AvgIpc) is 3.41. The predicted octanol–water partition coefficient (Wildman–Crippen LogP) is 4.07. The number of rotatable bonds is 3. The lowest BCUT2D eigenvalue weighted by Gasteiger charge is -2.09. The van der Waals surface area contributed by atoms with Crippen LogP contribution in [0.1, 0.15) is 59.5 Å². The van der Waals surface area contributed by atoms with E-state index < -0.39 is 0 Å². The summed E-state index contributed by atoms with van der Waals surface area (Å²) in [7, 11) is 1.46. The first-order valence-electron chi connectivity index (χ1n) is 10.3. The Bertz CT molecular complexity index is 1380. The minimum Gasteiger partial charge on any atom is -0.456 e. The van der Waals surface area contributed by atoms with Gasteiger partial charge in [-0.15, -0.1) is 0 Å². The highest BCUT2D eigenvalue weighted by molar-refractivity contribution is 6.25. The third-order valence-electron chi connectivity index (χ3n) is 6.24. The van der Waals surface area contributed by atoms with E-state index in [1.807, 2.05) is 0 Å². The van der Waals surface area contributed by atoms with E-state index in [0.29, 0.717) is 44.9 Å². The summed E-state index contributed by atoms with van der Waals surface area (Å²) in [5.41, 5.74) is 3.91. The van der Waals surface area contributed by atoms with Crippen LogP contribution in [0.4, 0.5) is 0 Å². The number of amides is 4. The maximum atomic E-state index is 12.9. The molecule has 3 heterocycles. The van der Waals surface area contributed by atoms with E-state index in [0.717, 1.165) is 16.0 Å². The number of benzene rings is 2. The van der Waals surface area contributed by atoms with Gasteiger partial charge in [0.25, 0.3) is 23.6 Å². The summed E-state index contributed by atoms with van der Waals surface area (Å²) in [6, 6.07) is 10.5. The molecule has 2 aliphatic rings. The molecule has 0 saturated carbocycles. The molecular formula is C25H20N2O5. The fourth-order valence-electron chi connectivity index (χ4n) is 4.52. The largest absolute Gasteiger partial charge is 0.456 e. The number of carbonyl (C=O) groups is 4. The van der Waals surface area contributed by atoms with Crippen molar-refractivity contribution in [2.75, 3.05) is 13.6 Å². The van der Waals surface area contributed by atoms with Gasteiger partial charge in [-0.2, -0.15) is 0 Å². The first-order valence-corrected chi connectivity index (χ1v) is 10.3. The SMILES string of the molecule is CCN1C(=O)c2c(C)ccc(-c3ccc(-c4ccc(C)c5c4C(=O)N(C)C5=O)o3)c2C1=O. The molecule has 0 atom stereocenters. The lowest BCUT2D eigenvalue weighted by atomic mass is 9.96. The molecule has 0 N–H and O–H groups in total. The van der Waals surface area contributed by atoms with Gasteiger partial charge in [-0.1, -0.05) is 24.3 Å². The molecule has 0 fully saturated rings. The molecule has 0 radical (unpaired) electrons. The minimum absolute atomic E-state index is 0.286. The molecule has 7 heteroatoms. The zero-order valence-corrected chi connectivity index (χ0v) is 18.1. The van der Waals surface area contributed by atoms with Gasteiger partial charge in [0.2, 0.25) is 0 Å². The summed E-state index contributed by atoms with van der Waals surface area (Å²) < 4.78 is 6.09. The van der Waals surface area contributed by atoms with Crippen molar-refractivity contribution in [1.29, 1.82) is 0 Å². The molecule has 7 nitrogen and oxygen atoms in total. The number of fused-ring (bicyclic) bond motifs is 2. The topological polar surface area (TPSA) is 87.9 Å². The van der Waals surface area contributed by atoms with Crippen LogP contribution in [0.15, 0.2) is 40.8 Å². The zero-order chi connectivity index (χ0) is 22.9. The number of imide groups is 2. The van der Waals surface area contributed by atoms with Crippen molar-refractivity contribution < 1.29 is 23.6 Å². The van der Waals surface area contributed by atoms with E-state index in [4.69, 9.17) is 4.42 Å². The Kier molecular flexibility index (Phi) is 4.20. The minimum atomic E-state index is -0.378. The van der Waals surface area contributed by atoms with Crippen molar-refractivity contribution in [3.8, 4) is 22.6 Å². The molecular weight excluding hydrogens is 408 g/mol. The number of nitrogens with zero attached hydrogens (tertiary/aromatic N) is 2. The summed E-state index contributed by atoms with van der Waals surface area (Å²) in [5.74, 6) is -0.542. The first kappa shape index (κ1) is 19.9. The molecule has 0 aliphatic carbocycles. The van der Waals surface area contributed by atoms with Crippen LogP contribution in [0.5, 0.6) is 0 Å². The van der Waals surface area contributed by atoms with Gasteiger partial charge in [0.15, 0.2) is 0 Å². The number of hydrogen-bond acceptors (Lipinski definition) is 5. The third kappa shape index (κ3) is 2.48. The number of aryl methyl sites for hydroxylation is 2. The second kappa shape index (κ2) is 6.75. The van der Waals surface area contributed by atoms with Crippen LogP contribution in [-0.4, -0.2) is 47.0 Å². The Morgan fingerprint density at radius 1 is 0.656 bits per heavy atom. The number of carbonyl (C=O) groups excluding carboxylic acids is 4. The lowest BCUT2D eigenvalue weighted by Crippen LogP contribution is -2.29. The Morgan fingerprint density at radius 2 is 1.09 bits per heavy atom. The van der Waals surface area contributed by atoms with Gasteiger partial charge in [-0.05, 0) is 44.0 Å². The van der Waals surface area contributed by atoms with Crippen LogP contribution in [0.2, 0.25) is 0 Å². The summed E-state index contributed by atoms with van der Waals surface area (Å²) in [5, 5.41) is 0. The van der Waals surface area contributed by atoms with Crippen molar-refractivity contribution in [2.24, 2.45) is 0 Å². The van der Waals surface area contributed by atoms with Crippen molar-refractivity contribution in [3.05, 3.63) is 69.8 Å². The van der Waals surface area contributed by atoms with E-state index >= 15 is 0 Å². The Balaban J connectivity index is 1.66. The van der Waals surface area contributed by atoms with E-state index in [-0.39, 0.29) is 30.2 Å². The third-order valence-corrected chi connectivity index (χ3v) is 6.24. The highest BCUT2D eigenvalue weighted by atomic mass is 16.3. The predicted molar refractivity (Wildman–Crippen MR) is 117 cm³/mol. The van der Waals surface area contributed by atoms with Gasteiger partial charge >= 0.3 is 0 Å². The summed E-state index contributed by atoms with van der Waals surface area (Å²) in [6.45, 7) is 5.64. The molecule has 0 spiro atoms. The zero-order valence-electron chi connectivity index (χ0n) is 18.1. The van der Waals surface area contributed by atoms with Crippen LogP contribution in [0.3, 0.4) is 0 Å². The van der Waals surface area contributed by atoms with Gasteiger partial charge in [-0.3, -0.25) is 29.0 Å². The van der Waals surface area contributed by atoms with Crippen molar-refractivity contribution in [2.45, 2.75) is 20.8 Å². The smallest absolute Gasteiger partial charge is 0.262 e. The Labute approximate surface area is 184 Å². The van der Waals surface area contributed by atoms with Gasteiger partial charge in [0.1, 0.15) is 11.5 Å². The molecule has 160 valence electrons. The van der Waals surface area contributed by atoms with Crippen molar-refractivity contribution in [3.63, 3.8) is 0 Å². The monoisotopic (exact) mass is 428 g/mol. The van der Waals surface area contributed by atoms with Crippen LogP contribution >= 0.6 is 0 Å². The molecule has 32 heavy (non-hydrogen) atoms. The quantitative estimate of drug-likeness (QED) is 0.587. The maximum Gasteiger partial charge on any atom is 0.262 e. The van der Waals surface area contributed by atoms with E-state index in [2.05, 4.69) is 0 Å². The maximum absolute atomic E-state index is 12.9. The van der Waals surface area contributed by atoms with Crippen LogP contribution in [-0.2, 0) is 0 Å². The second-order valence-corrected chi connectivity index (χ2v) is 8.05. The standard InChI is InChI=1S/C25H20N2O5/c1-5-27-24(30)19-13(3)7-9-15(21(19)25(27)31)17-11-10-16(32-17)14-8-6-12(2)18-20(14)23(29)26(4)22(18)28/h6-11H,5H2,1-4H3.